The highest BCUT2D eigenvalue weighted by atomic mass is 31.2. The minimum Gasteiger partial charge on any atom is -0.463 e. The summed E-state index contributed by atoms with van der Waals surface area (Å²) in [6.45, 7) is 2.30. The minimum absolute atomic E-state index is 0.0691. The minimum atomic E-state index is -4.96. The topological polar surface area (TPSA) is 231 Å². The zero-order valence-corrected chi connectivity index (χ0v) is 73.7. The Morgan fingerprint density at radius 3 is 0.687 bits per heavy atom. The van der Waals surface area contributed by atoms with Crippen molar-refractivity contribution in [3.8, 4) is 0 Å². The molecule has 0 rings (SSSR count). The van der Waals surface area contributed by atoms with Crippen LogP contribution < -0.4 is 0 Å². The average molecular weight is 1640 g/mol. The molecule has 18 heteroatoms. The first kappa shape index (κ1) is 109. The van der Waals surface area contributed by atoms with Crippen molar-refractivity contribution in [2.45, 2.75) is 360 Å². The Bertz CT molecular complexity index is 2870. The van der Waals surface area contributed by atoms with Gasteiger partial charge >= 0.3 is 33.6 Å². The maximum atomic E-state index is 13.0. The Hall–Kier alpha value is -5.61. The van der Waals surface area contributed by atoms with Crippen LogP contribution in [0.15, 0.2) is 194 Å². The number of unbranched alkanes of at least 4 members (excludes halogenated alkanes) is 28. The van der Waals surface area contributed by atoms with Gasteiger partial charge < -0.3 is 34.2 Å². The van der Waals surface area contributed by atoms with E-state index in [1.165, 1.54) is 103 Å². The Morgan fingerprint density at radius 2 is 0.435 bits per heavy atom. The maximum Gasteiger partial charge on any atom is 0.472 e. The van der Waals surface area contributed by atoms with E-state index in [0.717, 1.165) is 180 Å². The quantitative estimate of drug-likeness (QED) is 0.0146. The van der Waals surface area contributed by atoms with Crippen LogP contribution in [0, 0.1) is 0 Å². The van der Waals surface area contributed by atoms with E-state index in [1.807, 2.05) is 0 Å². The summed E-state index contributed by atoms with van der Waals surface area (Å²) in [5.41, 5.74) is 0. The standard InChI is InChI=1S/C97H160O16P2/c1-4-7-10-13-16-19-22-25-28-31-34-37-39-40-41-42-43-44-45-46-47-48-49-50-52-55-56-59-62-65-68-71-74-77-80-83-95(100)107-86-92(98)87-109-114(103,104)110-88-93(99)89-111-115(105,106)112-91-94(113-97(102)85-82-79-76-73-70-67-64-61-58-53-36-33-30-27-24-21-18-15-12-9-6-3)90-108-96(101)84-81-78-75-72-69-66-63-60-57-54-51-38-35-32-29-26-23-20-17-14-11-8-5-2/h7-12,16-21,25-30,34-38,40-41,53-54,57,61,63-64,66,92-94,98-99H,4-6,13-15,22-24,31-33,39,42-52,55-56,58-60,62,65,67-91H2,1-3H3,(H,103,104)(H,105,106)/b10-7-,11-8-,12-9-,19-16-,20-17-,21-18-,28-25-,29-26-,30-27-,37-34-,38-35-,41-40-,53-36-,57-54-,64-61-,66-63-. The van der Waals surface area contributed by atoms with Crippen molar-refractivity contribution in [3.05, 3.63) is 194 Å². The molecule has 115 heavy (non-hydrogen) atoms. The largest absolute Gasteiger partial charge is 0.472 e. The highest BCUT2D eigenvalue weighted by Gasteiger charge is 2.29. The van der Waals surface area contributed by atoms with Gasteiger partial charge in [-0.3, -0.25) is 32.5 Å². The second-order valence-corrected chi connectivity index (χ2v) is 32.2. The molecule has 0 amide bonds. The molecule has 654 valence electrons. The molecule has 0 aromatic rings. The average Bonchev–Trinajstić information content (AvgIpc) is 0.903. The number of ether oxygens (including phenoxy) is 3. The van der Waals surface area contributed by atoms with Gasteiger partial charge in [0.25, 0.3) is 0 Å². The van der Waals surface area contributed by atoms with Gasteiger partial charge in [-0.1, -0.05) is 356 Å². The van der Waals surface area contributed by atoms with Crippen molar-refractivity contribution in [3.63, 3.8) is 0 Å². The third-order valence-electron chi connectivity index (χ3n) is 18.3. The van der Waals surface area contributed by atoms with E-state index in [4.69, 9.17) is 32.3 Å². The fraction of sp³-hybridized carbons (Fsp3) is 0.639. The van der Waals surface area contributed by atoms with Crippen LogP contribution in [0.2, 0.25) is 0 Å². The van der Waals surface area contributed by atoms with Crippen molar-refractivity contribution in [1.29, 1.82) is 0 Å². The van der Waals surface area contributed by atoms with Crippen LogP contribution >= 0.6 is 15.6 Å². The molecule has 0 aromatic heterocycles. The Balaban J connectivity index is 4.56. The van der Waals surface area contributed by atoms with Crippen LogP contribution in [0.4, 0.5) is 0 Å². The van der Waals surface area contributed by atoms with Gasteiger partial charge in [0.1, 0.15) is 25.4 Å². The normalized spacial score (nSPS) is 14.7. The third kappa shape index (κ3) is 89.0. The van der Waals surface area contributed by atoms with Crippen molar-refractivity contribution < 1.29 is 75.8 Å². The van der Waals surface area contributed by atoms with Gasteiger partial charge in [0.05, 0.1) is 26.4 Å². The molecule has 0 aromatic carbocycles. The molecule has 0 bridgehead atoms. The summed E-state index contributed by atoms with van der Waals surface area (Å²) in [5, 5.41) is 20.7. The van der Waals surface area contributed by atoms with E-state index in [9.17, 15) is 43.5 Å². The molecular weight excluding hydrogens is 1480 g/mol. The first-order valence-corrected chi connectivity index (χ1v) is 47.7. The van der Waals surface area contributed by atoms with Crippen LogP contribution in [0.3, 0.4) is 0 Å². The molecule has 0 aliphatic carbocycles. The van der Waals surface area contributed by atoms with Crippen molar-refractivity contribution in [2.24, 2.45) is 0 Å². The number of aliphatic hydroxyl groups is 2. The molecule has 0 fully saturated rings. The molecule has 0 radical (unpaired) electrons. The van der Waals surface area contributed by atoms with Crippen LogP contribution in [-0.4, -0.2) is 95.9 Å². The van der Waals surface area contributed by atoms with Crippen LogP contribution in [-0.2, 0) is 55.8 Å². The maximum absolute atomic E-state index is 13.0. The third-order valence-corrected chi connectivity index (χ3v) is 20.2. The van der Waals surface area contributed by atoms with Gasteiger partial charge in [-0.15, -0.1) is 0 Å². The number of carbonyl (C=O) groups is 3. The van der Waals surface area contributed by atoms with E-state index in [1.54, 1.807) is 0 Å². The summed E-state index contributed by atoms with van der Waals surface area (Å²) < 4.78 is 61.4. The molecule has 5 atom stereocenters. The Labute approximate surface area is 699 Å². The lowest BCUT2D eigenvalue weighted by molar-refractivity contribution is -0.161. The molecule has 0 aliphatic rings. The predicted octanol–water partition coefficient (Wildman–Crippen LogP) is 27.4. The molecule has 4 N–H and O–H groups in total. The number of esters is 3. The zero-order valence-electron chi connectivity index (χ0n) is 71.9. The Kier molecular flexibility index (Phi) is 83.4. The molecule has 0 saturated heterocycles. The smallest absolute Gasteiger partial charge is 0.463 e. The summed E-state index contributed by atoms with van der Waals surface area (Å²) in [6.07, 6.45) is 116. The lowest BCUT2D eigenvalue weighted by atomic mass is 10.0. The molecule has 0 saturated carbocycles. The van der Waals surface area contributed by atoms with Gasteiger partial charge in [0.15, 0.2) is 6.10 Å². The van der Waals surface area contributed by atoms with E-state index >= 15 is 0 Å². The lowest BCUT2D eigenvalue weighted by Crippen LogP contribution is -2.30. The zero-order chi connectivity index (χ0) is 83.6. The number of hydrogen-bond donors (Lipinski definition) is 4. The fourth-order valence-corrected chi connectivity index (χ4v) is 13.2. The summed E-state index contributed by atoms with van der Waals surface area (Å²) in [5.74, 6) is -1.63. The SMILES string of the molecule is CC/C=C\C/C=C\C/C=C\C/C=C\C/C=C\C/C=C\CCCCCCC(=O)OCC(COP(=O)(O)OCC(O)COP(=O)(O)OCC(O)COC(=O)CCCCCCCCCCCCCCCCCCCCC/C=C\C/C=C\C/C=C\C/C=C\C/C=C\CC)OC(=O)CCCCCCC/C=C\C/C=C\C/C=C\C/C=C\C/C=C\CC. The molecule has 0 aliphatic heterocycles. The molecule has 0 heterocycles. The first-order valence-electron chi connectivity index (χ1n) is 44.7. The fourth-order valence-electron chi connectivity index (χ4n) is 11.6. The second-order valence-electron chi connectivity index (χ2n) is 29.3. The van der Waals surface area contributed by atoms with Gasteiger partial charge in [-0.05, 0) is 161 Å². The van der Waals surface area contributed by atoms with Crippen molar-refractivity contribution in [2.75, 3.05) is 39.6 Å². The lowest BCUT2D eigenvalue weighted by Gasteiger charge is -2.21. The molecule has 0 spiro atoms. The van der Waals surface area contributed by atoms with Crippen molar-refractivity contribution in [1.82, 2.24) is 0 Å². The summed E-state index contributed by atoms with van der Waals surface area (Å²) >= 11 is 0. The Morgan fingerprint density at radius 1 is 0.243 bits per heavy atom. The van der Waals surface area contributed by atoms with E-state index < -0.39 is 91.5 Å². The highest BCUT2D eigenvalue weighted by Crippen LogP contribution is 2.45. The van der Waals surface area contributed by atoms with E-state index in [-0.39, 0.29) is 19.3 Å². The number of phosphoric acid groups is 2. The van der Waals surface area contributed by atoms with Gasteiger partial charge in [-0.2, -0.15) is 0 Å². The van der Waals surface area contributed by atoms with Gasteiger partial charge in [0.2, 0.25) is 0 Å². The number of hydrogen-bond acceptors (Lipinski definition) is 14. The van der Waals surface area contributed by atoms with Gasteiger partial charge in [0, 0.05) is 19.3 Å². The van der Waals surface area contributed by atoms with E-state index in [2.05, 4.69) is 215 Å². The molecule has 16 nitrogen and oxygen atoms in total. The summed E-state index contributed by atoms with van der Waals surface area (Å²) in [4.78, 5) is 58.9. The van der Waals surface area contributed by atoms with E-state index in [0.29, 0.717) is 19.3 Å². The van der Waals surface area contributed by atoms with Gasteiger partial charge in [-0.25, -0.2) is 9.13 Å². The summed E-state index contributed by atoms with van der Waals surface area (Å²) in [6, 6.07) is 0. The number of rotatable bonds is 83. The monoisotopic (exact) mass is 1640 g/mol. The number of aliphatic hydroxyl groups excluding tert-OH is 2. The predicted molar refractivity (Wildman–Crippen MR) is 481 cm³/mol. The second kappa shape index (κ2) is 87.7. The summed E-state index contributed by atoms with van der Waals surface area (Å²) in [7, 11) is -9.83. The number of allylic oxidation sites excluding steroid dienone is 32. The van der Waals surface area contributed by atoms with Crippen LogP contribution in [0.5, 0.6) is 0 Å². The number of carbonyl (C=O) groups excluding carboxylic acids is 3. The highest BCUT2D eigenvalue weighted by molar-refractivity contribution is 7.47. The van der Waals surface area contributed by atoms with Crippen LogP contribution in [0.1, 0.15) is 342 Å². The number of phosphoric ester groups is 2. The van der Waals surface area contributed by atoms with Crippen LogP contribution in [0.25, 0.3) is 0 Å². The first-order chi connectivity index (χ1) is 56.2. The molecular formula is C97H160O16P2. The van der Waals surface area contributed by atoms with Crippen molar-refractivity contribution >= 4 is 33.6 Å². The molecule has 5 unspecified atom stereocenters.